The molecule has 3 heteroatoms. The van der Waals surface area contributed by atoms with Crippen LogP contribution in [0.15, 0.2) is 18.2 Å². The highest BCUT2D eigenvalue weighted by atomic mass is 16.5. The van der Waals surface area contributed by atoms with E-state index in [1.54, 1.807) is 32.2 Å². The molecule has 0 saturated carbocycles. The zero-order valence-electron chi connectivity index (χ0n) is 7.82. The van der Waals surface area contributed by atoms with Crippen LogP contribution in [0.3, 0.4) is 0 Å². The standard InChI is InChI=1S/C10H14O3/c1-7(12)8-4-3-5-10(13-2)9(8)6-11/h3-5,7,11-12H,6H2,1-2H3. The Bertz CT molecular complexity index is 281. The summed E-state index contributed by atoms with van der Waals surface area (Å²) in [5.41, 5.74) is 1.36. The van der Waals surface area contributed by atoms with E-state index in [1.165, 1.54) is 0 Å². The van der Waals surface area contributed by atoms with E-state index in [9.17, 15) is 5.11 Å². The third kappa shape index (κ3) is 1.99. The molecule has 0 aliphatic heterocycles. The lowest BCUT2D eigenvalue weighted by Crippen LogP contribution is -2.01. The number of rotatable bonds is 3. The summed E-state index contributed by atoms with van der Waals surface area (Å²) in [6.45, 7) is 1.54. The molecule has 1 rings (SSSR count). The van der Waals surface area contributed by atoms with Gasteiger partial charge in [-0.15, -0.1) is 0 Å². The van der Waals surface area contributed by atoms with Gasteiger partial charge in [-0.2, -0.15) is 0 Å². The molecule has 0 bridgehead atoms. The summed E-state index contributed by atoms with van der Waals surface area (Å²) in [4.78, 5) is 0. The second-order valence-electron chi connectivity index (χ2n) is 2.86. The third-order valence-corrected chi connectivity index (χ3v) is 2.00. The maximum absolute atomic E-state index is 9.39. The summed E-state index contributed by atoms with van der Waals surface area (Å²) in [5, 5.41) is 18.5. The van der Waals surface area contributed by atoms with E-state index in [1.807, 2.05) is 0 Å². The molecule has 0 radical (unpaired) electrons. The van der Waals surface area contributed by atoms with Crippen LogP contribution in [-0.2, 0) is 6.61 Å². The van der Waals surface area contributed by atoms with Crippen molar-refractivity contribution in [1.29, 1.82) is 0 Å². The third-order valence-electron chi connectivity index (χ3n) is 2.00. The van der Waals surface area contributed by atoms with E-state index in [2.05, 4.69) is 0 Å². The normalized spacial score (nSPS) is 12.6. The van der Waals surface area contributed by atoms with Crippen LogP contribution in [-0.4, -0.2) is 17.3 Å². The maximum atomic E-state index is 9.39. The lowest BCUT2D eigenvalue weighted by molar-refractivity contribution is 0.192. The first-order chi connectivity index (χ1) is 6.20. The van der Waals surface area contributed by atoms with Crippen LogP contribution in [0.2, 0.25) is 0 Å². The zero-order chi connectivity index (χ0) is 9.84. The van der Waals surface area contributed by atoms with Gasteiger partial charge in [0.05, 0.1) is 19.8 Å². The van der Waals surface area contributed by atoms with Gasteiger partial charge in [-0.1, -0.05) is 12.1 Å². The van der Waals surface area contributed by atoms with Crippen LogP contribution in [0.5, 0.6) is 5.75 Å². The molecule has 3 nitrogen and oxygen atoms in total. The highest BCUT2D eigenvalue weighted by Gasteiger charge is 2.11. The largest absolute Gasteiger partial charge is 0.496 e. The maximum Gasteiger partial charge on any atom is 0.124 e. The Morgan fingerprint density at radius 1 is 1.46 bits per heavy atom. The second-order valence-corrected chi connectivity index (χ2v) is 2.86. The number of hydrogen-bond acceptors (Lipinski definition) is 3. The van der Waals surface area contributed by atoms with E-state index in [-0.39, 0.29) is 6.61 Å². The lowest BCUT2D eigenvalue weighted by atomic mass is 10.0. The molecule has 0 heterocycles. The fourth-order valence-corrected chi connectivity index (χ4v) is 1.33. The highest BCUT2D eigenvalue weighted by molar-refractivity contribution is 5.40. The van der Waals surface area contributed by atoms with Gasteiger partial charge in [0.15, 0.2) is 0 Å². The van der Waals surface area contributed by atoms with Gasteiger partial charge < -0.3 is 14.9 Å². The summed E-state index contributed by atoms with van der Waals surface area (Å²) in [6.07, 6.45) is -0.586. The molecule has 0 aliphatic carbocycles. The van der Waals surface area contributed by atoms with Crippen molar-refractivity contribution in [1.82, 2.24) is 0 Å². The minimum absolute atomic E-state index is 0.121. The van der Waals surface area contributed by atoms with Crippen LogP contribution in [0.1, 0.15) is 24.2 Å². The van der Waals surface area contributed by atoms with E-state index in [0.717, 1.165) is 0 Å². The Hall–Kier alpha value is -1.06. The van der Waals surface area contributed by atoms with Crippen molar-refractivity contribution < 1.29 is 14.9 Å². The first-order valence-electron chi connectivity index (χ1n) is 4.15. The van der Waals surface area contributed by atoms with E-state index in [0.29, 0.717) is 16.9 Å². The van der Waals surface area contributed by atoms with E-state index < -0.39 is 6.10 Å². The summed E-state index contributed by atoms with van der Waals surface area (Å²) < 4.78 is 5.06. The predicted octanol–water partition coefficient (Wildman–Crippen LogP) is 1.24. The number of methoxy groups -OCH3 is 1. The molecule has 1 unspecified atom stereocenters. The first kappa shape index (κ1) is 10.0. The monoisotopic (exact) mass is 182 g/mol. The van der Waals surface area contributed by atoms with Crippen molar-refractivity contribution in [3.63, 3.8) is 0 Å². The molecule has 72 valence electrons. The van der Waals surface area contributed by atoms with Gasteiger partial charge in [0.2, 0.25) is 0 Å². The fourth-order valence-electron chi connectivity index (χ4n) is 1.33. The van der Waals surface area contributed by atoms with Gasteiger partial charge in [0.1, 0.15) is 5.75 Å². The van der Waals surface area contributed by atoms with Crippen LogP contribution in [0, 0.1) is 0 Å². The number of aliphatic hydroxyl groups is 2. The van der Waals surface area contributed by atoms with Gasteiger partial charge in [0, 0.05) is 5.56 Å². The molecule has 1 aromatic rings. The Morgan fingerprint density at radius 3 is 2.62 bits per heavy atom. The molecular formula is C10H14O3. The van der Waals surface area contributed by atoms with Crippen molar-refractivity contribution >= 4 is 0 Å². The van der Waals surface area contributed by atoms with Gasteiger partial charge in [-0.05, 0) is 18.6 Å². The molecular weight excluding hydrogens is 168 g/mol. The van der Waals surface area contributed by atoms with Crippen LogP contribution in [0.4, 0.5) is 0 Å². The molecule has 0 saturated heterocycles. The number of benzene rings is 1. The van der Waals surface area contributed by atoms with E-state index in [4.69, 9.17) is 9.84 Å². The van der Waals surface area contributed by atoms with Gasteiger partial charge in [-0.3, -0.25) is 0 Å². The van der Waals surface area contributed by atoms with Crippen molar-refractivity contribution in [2.24, 2.45) is 0 Å². The van der Waals surface area contributed by atoms with Crippen LogP contribution >= 0.6 is 0 Å². The quantitative estimate of drug-likeness (QED) is 0.739. The Labute approximate surface area is 77.6 Å². The summed E-state index contributed by atoms with van der Waals surface area (Å²) >= 11 is 0. The molecule has 0 spiro atoms. The molecule has 0 aromatic heterocycles. The van der Waals surface area contributed by atoms with Crippen molar-refractivity contribution in [2.45, 2.75) is 19.6 Å². The number of hydrogen-bond donors (Lipinski definition) is 2. The van der Waals surface area contributed by atoms with Crippen molar-refractivity contribution in [3.05, 3.63) is 29.3 Å². The molecule has 0 amide bonds. The van der Waals surface area contributed by atoms with E-state index >= 15 is 0 Å². The average Bonchev–Trinajstić information content (AvgIpc) is 2.16. The van der Waals surface area contributed by atoms with Crippen LogP contribution < -0.4 is 4.74 Å². The minimum Gasteiger partial charge on any atom is -0.496 e. The van der Waals surface area contributed by atoms with Gasteiger partial charge in [-0.25, -0.2) is 0 Å². The summed E-state index contributed by atoms with van der Waals surface area (Å²) in [5.74, 6) is 0.612. The van der Waals surface area contributed by atoms with Gasteiger partial charge in [0.25, 0.3) is 0 Å². The molecule has 1 aromatic carbocycles. The lowest BCUT2D eigenvalue weighted by Gasteiger charge is -2.13. The highest BCUT2D eigenvalue weighted by Crippen LogP contribution is 2.26. The van der Waals surface area contributed by atoms with Crippen molar-refractivity contribution in [2.75, 3.05) is 7.11 Å². The summed E-state index contributed by atoms with van der Waals surface area (Å²) in [7, 11) is 1.54. The first-order valence-corrected chi connectivity index (χ1v) is 4.15. The SMILES string of the molecule is COc1cccc(C(C)O)c1CO. The summed E-state index contributed by atoms with van der Waals surface area (Å²) in [6, 6.07) is 5.33. The minimum atomic E-state index is -0.586. The Morgan fingerprint density at radius 2 is 2.15 bits per heavy atom. The number of ether oxygens (including phenoxy) is 1. The molecule has 1 atom stereocenters. The molecule has 2 N–H and O–H groups in total. The molecule has 13 heavy (non-hydrogen) atoms. The van der Waals surface area contributed by atoms with Gasteiger partial charge >= 0.3 is 0 Å². The predicted molar refractivity (Wildman–Crippen MR) is 49.6 cm³/mol. The molecule has 0 aliphatic rings. The fraction of sp³-hybridized carbons (Fsp3) is 0.400. The topological polar surface area (TPSA) is 49.7 Å². The zero-order valence-corrected chi connectivity index (χ0v) is 7.82. The van der Waals surface area contributed by atoms with Crippen LogP contribution in [0.25, 0.3) is 0 Å². The van der Waals surface area contributed by atoms with Crippen molar-refractivity contribution in [3.8, 4) is 5.75 Å². The number of aliphatic hydroxyl groups excluding tert-OH is 2. The Balaban J connectivity index is 3.19. The average molecular weight is 182 g/mol. The Kier molecular flexibility index (Phi) is 3.28. The smallest absolute Gasteiger partial charge is 0.124 e. The second kappa shape index (κ2) is 4.25. The molecule has 0 fully saturated rings.